The average molecular weight is 423 g/mol. The van der Waals surface area contributed by atoms with Crippen LogP contribution in [-0.2, 0) is 4.74 Å². The number of hydrogen-bond donors (Lipinski definition) is 2. The van der Waals surface area contributed by atoms with Gasteiger partial charge < -0.3 is 24.5 Å². The highest BCUT2D eigenvalue weighted by atomic mass is 16.5. The van der Waals surface area contributed by atoms with Gasteiger partial charge in [0, 0.05) is 36.3 Å². The van der Waals surface area contributed by atoms with E-state index in [1.54, 1.807) is 7.11 Å². The summed E-state index contributed by atoms with van der Waals surface area (Å²) in [6.07, 6.45) is 7.56. The number of ether oxygens (including phenoxy) is 2. The van der Waals surface area contributed by atoms with Crippen molar-refractivity contribution in [2.75, 3.05) is 38.3 Å². The zero-order valence-corrected chi connectivity index (χ0v) is 18.0. The third-order valence-electron chi connectivity index (χ3n) is 6.85. The zero-order chi connectivity index (χ0) is 21.3. The number of aliphatic hydroxyl groups is 1. The standard InChI is InChI=1S/C24H30N4O3/c1-30-19-4-5-20-21(13-19)27-23(26-20)17-3-6-22(25-14-17)28-11-7-18(8-12-28)31-16-24(15-29)9-2-10-24/h3-6,13-14,18,29H,2,7-12,15-16H2,1H3,(H,26,27). The molecular formula is C24H30N4O3. The number of benzene rings is 1. The number of methoxy groups -OCH3 is 1. The van der Waals surface area contributed by atoms with Crippen LogP contribution in [-0.4, -0.2) is 59.6 Å². The van der Waals surface area contributed by atoms with Gasteiger partial charge in [-0.15, -0.1) is 0 Å². The molecule has 0 bridgehead atoms. The Morgan fingerprint density at radius 2 is 2.03 bits per heavy atom. The van der Waals surface area contributed by atoms with Crippen molar-refractivity contribution in [2.24, 2.45) is 5.41 Å². The maximum Gasteiger partial charge on any atom is 0.140 e. The molecule has 1 saturated heterocycles. The fraction of sp³-hybridized carbons (Fsp3) is 0.500. The largest absolute Gasteiger partial charge is 0.497 e. The number of H-pyrrole nitrogens is 1. The molecular weight excluding hydrogens is 392 g/mol. The first-order valence-corrected chi connectivity index (χ1v) is 11.2. The second kappa shape index (κ2) is 8.48. The summed E-state index contributed by atoms with van der Waals surface area (Å²) in [6, 6.07) is 9.96. The molecule has 0 spiro atoms. The van der Waals surface area contributed by atoms with Gasteiger partial charge in [0.1, 0.15) is 17.4 Å². The number of aliphatic hydroxyl groups excluding tert-OH is 1. The normalized spacial score (nSPS) is 18.8. The summed E-state index contributed by atoms with van der Waals surface area (Å²) >= 11 is 0. The molecule has 3 heterocycles. The Hall–Kier alpha value is -2.64. The Bertz CT molecular complexity index is 1020. The van der Waals surface area contributed by atoms with Crippen molar-refractivity contribution < 1.29 is 14.6 Å². The van der Waals surface area contributed by atoms with E-state index < -0.39 is 0 Å². The van der Waals surface area contributed by atoms with Crippen LogP contribution in [0.4, 0.5) is 5.82 Å². The first-order valence-electron chi connectivity index (χ1n) is 11.2. The summed E-state index contributed by atoms with van der Waals surface area (Å²) in [6.45, 7) is 2.83. The van der Waals surface area contributed by atoms with E-state index in [1.165, 1.54) is 6.42 Å². The van der Waals surface area contributed by atoms with Crippen molar-refractivity contribution >= 4 is 16.9 Å². The Morgan fingerprint density at radius 3 is 2.68 bits per heavy atom. The molecule has 7 nitrogen and oxygen atoms in total. The lowest BCUT2D eigenvalue weighted by molar-refractivity contribution is -0.0753. The van der Waals surface area contributed by atoms with E-state index in [0.29, 0.717) is 6.61 Å². The molecule has 164 valence electrons. The maximum atomic E-state index is 9.62. The second-order valence-corrected chi connectivity index (χ2v) is 8.88. The van der Waals surface area contributed by atoms with Gasteiger partial charge in [0.2, 0.25) is 0 Å². The molecule has 1 aliphatic carbocycles. The van der Waals surface area contributed by atoms with Gasteiger partial charge in [-0.2, -0.15) is 0 Å². The number of rotatable bonds is 7. The lowest BCUT2D eigenvalue weighted by Gasteiger charge is -2.42. The molecule has 1 aromatic carbocycles. The number of fused-ring (bicyclic) bond motifs is 1. The summed E-state index contributed by atoms with van der Waals surface area (Å²) in [7, 11) is 1.66. The summed E-state index contributed by atoms with van der Waals surface area (Å²) in [4.78, 5) is 15.0. The number of nitrogens with one attached hydrogen (secondary N) is 1. The molecule has 5 rings (SSSR count). The molecule has 2 aromatic heterocycles. The summed E-state index contributed by atoms with van der Waals surface area (Å²) < 4.78 is 11.4. The monoisotopic (exact) mass is 422 g/mol. The zero-order valence-electron chi connectivity index (χ0n) is 18.0. The quantitative estimate of drug-likeness (QED) is 0.603. The van der Waals surface area contributed by atoms with Gasteiger partial charge in [-0.1, -0.05) is 6.42 Å². The van der Waals surface area contributed by atoms with E-state index in [9.17, 15) is 5.11 Å². The number of imidazole rings is 1. The van der Waals surface area contributed by atoms with Crippen LogP contribution in [0.1, 0.15) is 32.1 Å². The van der Waals surface area contributed by atoms with Crippen LogP contribution in [0.25, 0.3) is 22.4 Å². The third-order valence-corrected chi connectivity index (χ3v) is 6.85. The summed E-state index contributed by atoms with van der Waals surface area (Å²) in [5, 5.41) is 9.62. The van der Waals surface area contributed by atoms with Gasteiger partial charge >= 0.3 is 0 Å². The highest BCUT2D eigenvalue weighted by Gasteiger charge is 2.37. The highest BCUT2D eigenvalue weighted by Crippen LogP contribution is 2.41. The summed E-state index contributed by atoms with van der Waals surface area (Å²) in [5.41, 5.74) is 2.86. The number of piperidine rings is 1. The Morgan fingerprint density at radius 1 is 1.19 bits per heavy atom. The predicted molar refractivity (Wildman–Crippen MR) is 120 cm³/mol. The van der Waals surface area contributed by atoms with Gasteiger partial charge in [-0.3, -0.25) is 0 Å². The van der Waals surface area contributed by atoms with Crippen LogP contribution in [0.15, 0.2) is 36.5 Å². The van der Waals surface area contributed by atoms with E-state index in [1.807, 2.05) is 24.4 Å². The van der Waals surface area contributed by atoms with Crippen molar-refractivity contribution in [3.8, 4) is 17.1 Å². The van der Waals surface area contributed by atoms with E-state index in [-0.39, 0.29) is 18.1 Å². The molecule has 7 heteroatoms. The topological polar surface area (TPSA) is 83.5 Å². The molecule has 2 aliphatic rings. The molecule has 2 N–H and O–H groups in total. The van der Waals surface area contributed by atoms with Gasteiger partial charge in [0.15, 0.2) is 0 Å². The molecule has 0 amide bonds. The first kappa shape index (κ1) is 20.3. The molecule has 0 radical (unpaired) electrons. The number of anilines is 1. The van der Waals surface area contributed by atoms with Crippen molar-refractivity contribution in [1.29, 1.82) is 0 Å². The SMILES string of the molecule is COc1ccc2nc(-c3ccc(N4CCC(OCC5(CO)CCC5)CC4)nc3)[nH]c2c1. The van der Waals surface area contributed by atoms with Gasteiger partial charge in [-0.05, 0) is 49.9 Å². The number of nitrogens with zero attached hydrogens (tertiary/aromatic N) is 3. The number of pyridine rings is 1. The van der Waals surface area contributed by atoms with E-state index in [2.05, 4.69) is 27.0 Å². The summed E-state index contributed by atoms with van der Waals surface area (Å²) in [5.74, 6) is 2.61. The van der Waals surface area contributed by atoms with Crippen LogP contribution < -0.4 is 9.64 Å². The van der Waals surface area contributed by atoms with Crippen LogP contribution >= 0.6 is 0 Å². The molecule has 1 saturated carbocycles. The third kappa shape index (κ3) is 4.12. The van der Waals surface area contributed by atoms with Crippen LogP contribution in [0.3, 0.4) is 0 Å². The first-order chi connectivity index (χ1) is 15.2. The number of hydrogen-bond acceptors (Lipinski definition) is 6. The smallest absolute Gasteiger partial charge is 0.140 e. The lowest BCUT2D eigenvalue weighted by Crippen LogP contribution is -2.42. The number of aromatic amines is 1. The van der Waals surface area contributed by atoms with E-state index in [0.717, 1.165) is 72.8 Å². The van der Waals surface area contributed by atoms with Gasteiger partial charge in [-0.25, -0.2) is 9.97 Å². The maximum absolute atomic E-state index is 9.62. The fourth-order valence-corrected chi connectivity index (χ4v) is 4.54. The molecule has 1 aliphatic heterocycles. The lowest BCUT2D eigenvalue weighted by atomic mass is 9.70. The van der Waals surface area contributed by atoms with Crippen LogP contribution in [0.2, 0.25) is 0 Å². The second-order valence-electron chi connectivity index (χ2n) is 8.88. The van der Waals surface area contributed by atoms with Gasteiger partial charge in [0.05, 0.1) is 37.5 Å². The predicted octanol–water partition coefficient (Wildman–Crippen LogP) is 3.78. The minimum Gasteiger partial charge on any atom is -0.497 e. The number of aromatic nitrogens is 3. The molecule has 0 atom stereocenters. The molecule has 3 aromatic rings. The van der Waals surface area contributed by atoms with Crippen molar-refractivity contribution in [3.05, 3.63) is 36.5 Å². The van der Waals surface area contributed by atoms with Gasteiger partial charge in [0.25, 0.3) is 0 Å². The minimum atomic E-state index is 0.0380. The van der Waals surface area contributed by atoms with Crippen LogP contribution in [0, 0.1) is 5.41 Å². The van der Waals surface area contributed by atoms with Crippen LogP contribution in [0.5, 0.6) is 5.75 Å². The van der Waals surface area contributed by atoms with Crippen molar-refractivity contribution in [2.45, 2.75) is 38.2 Å². The fourth-order valence-electron chi connectivity index (χ4n) is 4.54. The molecule has 2 fully saturated rings. The highest BCUT2D eigenvalue weighted by molar-refractivity contribution is 5.80. The average Bonchev–Trinajstić information content (AvgIpc) is 3.22. The van der Waals surface area contributed by atoms with E-state index in [4.69, 9.17) is 14.5 Å². The minimum absolute atomic E-state index is 0.0380. The van der Waals surface area contributed by atoms with E-state index >= 15 is 0 Å². The van der Waals surface area contributed by atoms with Crippen molar-refractivity contribution in [3.63, 3.8) is 0 Å². The Labute approximate surface area is 182 Å². The Kier molecular flexibility index (Phi) is 5.54. The Balaban J connectivity index is 1.19. The van der Waals surface area contributed by atoms with Crippen molar-refractivity contribution in [1.82, 2.24) is 15.0 Å². The molecule has 31 heavy (non-hydrogen) atoms. The molecule has 0 unspecified atom stereocenters.